The average molecular weight is 465 g/mol. The van der Waals surface area contributed by atoms with Gasteiger partial charge in [0.25, 0.3) is 5.56 Å². The molecule has 1 aromatic rings. The lowest BCUT2D eigenvalue weighted by Gasteiger charge is -2.24. The van der Waals surface area contributed by atoms with E-state index in [1.54, 1.807) is 0 Å². The van der Waals surface area contributed by atoms with Crippen molar-refractivity contribution in [3.8, 4) is 6.07 Å². The van der Waals surface area contributed by atoms with Crippen LogP contribution in [0.1, 0.15) is 26.0 Å². The van der Waals surface area contributed by atoms with E-state index in [-0.39, 0.29) is 19.6 Å². The van der Waals surface area contributed by atoms with Crippen LogP contribution in [0.25, 0.3) is 0 Å². The van der Waals surface area contributed by atoms with Crippen molar-refractivity contribution in [2.24, 2.45) is 0 Å². The summed E-state index contributed by atoms with van der Waals surface area (Å²) in [7, 11) is -2.67. The summed E-state index contributed by atoms with van der Waals surface area (Å²) in [4.78, 5) is 25.2. The maximum Gasteiger partial charge on any atom is 0.474 e. The quantitative estimate of drug-likeness (QED) is 0.331. The Morgan fingerprint density at radius 2 is 2.06 bits per heavy atom. The van der Waals surface area contributed by atoms with Crippen molar-refractivity contribution in [3.63, 3.8) is 0 Å². The molecule has 2 rings (SSSR count). The summed E-state index contributed by atoms with van der Waals surface area (Å²) in [6.07, 6.45) is -3.34. The molecule has 1 saturated heterocycles. The van der Waals surface area contributed by atoms with E-state index in [0.717, 1.165) is 23.8 Å². The van der Waals surface area contributed by atoms with Gasteiger partial charge in [0.1, 0.15) is 12.2 Å². The monoisotopic (exact) mass is 465 g/mol. The first-order valence-electron chi connectivity index (χ1n) is 9.38. The van der Waals surface area contributed by atoms with E-state index in [1.165, 1.54) is 7.11 Å². The maximum absolute atomic E-state index is 15.2. The van der Waals surface area contributed by atoms with Crippen molar-refractivity contribution >= 4 is 7.82 Å². The second kappa shape index (κ2) is 11.1. The van der Waals surface area contributed by atoms with Crippen molar-refractivity contribution in [2.75, 3.05) is 33.5 Å². The second-order valence-electron chi connectivity index (χ2n) is 6.80. The van der Waals surface area contributed by atoms with Crippen molar-refractivity contribution in [1.82, 2.24) is 9.55 Å². The molecule has 14 heteroatoms. The first kappa shape index (κ1) is 25.4. The summed E-state index contributed by atoms with van der Waals surface area (Å²) in [6.45, 7) is 0.482. The van der Waals surface area contributed by atoms with Gasteiger partial charge in [0, 0.05) is 26.0 Å². The lowest BCUT2D eigenvalue weighted by atomic mass is 9.98. The normalized spacial score (nSPS) is 27.6. The highest BCUT2D eigenvalue weighted by Gasteiger charge is 2.55. The second-order valence-corrected chi connectivity index (χ2v) is 8.47. The minimum absolute atomic E-state index is 0.0397. The Balaban J connectivity index is 2.10. The summed E-state index contributed by atoms with van der Waals surface area (Å²) in [6, 6.07) is 2.82. The van der Waals surface area contributed by atoms with Gasteiger partial charge in [-0.15, -0.1) is 0 Å². The first-order valence-corrected chi connectivity index (χ1v) is 10.8. The van der Waals surface area contributed by atoms with E-state index in [4.69, 9.17) is 28.3 Å². The smallest absolute Gasteiger partial charge is 0.387 e. The van der Waals surface area contributed by atoms with Crippen LogP contribution in [-0.2, 0) is 27.6 Å². The first-order chi connectivity index (χ1) is 14.6. The fourth-order valence-corrected chi connectivity index (χ4v) is 4.04. The lowest BCUT2D eigenvalue weighted by Crippen LogP contribution is -2.43. The molecular formula is C17H25FN3O9P. The Labute approximate surface area is 177 Å². The number of halogens is 1. The molecule has 31 heavy (non-hydrogen) atoms. The molecule has 0 saturated carbocycles. The predicted octanol–water partition coefficient (Wildman–Crippen LogP) is 0.631. The third-order valence-corrected chi connectivity index (χ3v) is 5.89. The Bertz CT molecular complexity index is 928. The number of hydrogen-bond acceptors (Lipinski definition) is 10. The number of aliphatic hydroxyl groups is 1. The number of hydrogen-bond donors (Lipinski definition) is 2. The van der Waals surface area contributed by atoms with Crippen LogP contribution in [0.15, 0.2) is 21.9 Å². The molecule has 0 spiro atoms. The van der Waals surface area contributed by atoms with Gasteiger partial charge >= 0.3 is 13.5 Å². The lowest BCUT2D eigenvalue weighted by molar-refractivity contribution is -0.0620. The molecule has 12 nitrogen and oxygen atoms in total. The predicted molar refractivity (Wildman–Crippen MR) is 103 cm³/mol. The van der Waals surface area contributed by atoms with Crippen LogP contribution in [0.4, 0.5) is 4.39 Å². The number of H-pyrrole nitrogens is 1. The standard InChI is InChI=1S/C17H25FN3O9P/c1-17(18)14(23)12(30-15(17)21-7-5-13(22)20-16(21)24)11-29-31(25,27-9-3-6-19)28-10-4-8-26-2/h5,7,12,14-15,23H,3-4,8-11H2,1-2H3,(H,20,22,24). The number of aliphatic hydroxyl groups excluding tert-OH is 1. The van der Waals surface area contributed by atoms with E-state index >= 15 is 4.39 Å². The maximum atomic E-state index is 15.2. The number of nitrogens with zero attached hydrogens (tertiary/aromatic N) is 2. The Morgan fingerprint density at radius 3 is 2.71 bits per heavy atom. The van der Waals surface area contributed by atoms with E-state index in [1.807, 2.05) is 11.1 Å². The third kappa shape index (κ3) is 6.54. The van der Waals surface area contributed by atoms with Crippen molar-refractivity contribution < 1.29 is 37.1 Å². The molecular weight excluding hydrogens is 440 g/mol. The molecule has 5 atom stereocenters. The summed E-state index contributed by atoms with van der Waals surface area (Å²) in [5, 5.41) is 19.0. The van der Waals surface area contributed by atoms with Crippen LogP contribution >= 0.6 is 7.82 Å². The topological polar surface area (TPSA) is 162 Å². The van der Waals surface area contributed by atoms with Crippen LogP contribution in [0.2, 0.25) is 0 Å². The third-order valence-electron chi connectivity index (χ3n) is 4.42. The van der Waals surface area contributed by atoms with Crippen LogP contribution in [0.3, 0.4) is 0 Å². The van der Waals surface area contributed by atoms with Gasteiger partial charge < -0.3 is 14.6 Å². The Kier molecular flexibility index (Phi) is 9.08. The molecule has 0 aromatic carbocycles. The zero-order valence-corrected chi connectivity index (χ0v) is 18.0. The zero-order chi connectivity index (χ0) is 23.1. The van der Waals surface area contributed by atoms with Gasteiger partial charge in [-0.2, -0.15) is 5.26 Å². The Morgan fingerprint density at radius 1 is 1.35 bits per heavy atom. The van der Waals surface area contributed by atoms with Crippen molar-refractivity contribution in [2.45, 2.75) is 43.9 Å². The van der Waals surface area contributed by atoms with E-state index in [9.17, 15) is 19.3 Å². The molecule has 1 fully saturated rings. The van der Waals surface area contributed by atoms with E-state index in [0.29, 0.717) is 13.0 Å². The van der Waals surface area contributed by atoms with Gasteiger partial charge in [-0.1, -0.05) is 0 Å². The largest absolute Gasteiger partial charge is 0.474 e. The number of aromatic nitrogens is 2. The zero-order valence-electron chi connectivity index (χ0n) is 17.1. The SMILES string of the molecule is COCCCOP(=O)(OCCC#N)OCC1OC(n2ccc(=O)[nH]c2=O)C(C)(F)C1O. The highest BCUT2D eigenvalue weighted by Crippen LogP contribution is 2.51. The number of aromatic amines is 1. The van der Waals surface area contributed by atoms with Gasteiger partial charge in [0.15, 0.2) is 11.9 Å². The number of nitrogens with one attached hydrogen (secondary N) is 1. The van der Waals surface area contributed by atoms with Crippen molar-refractivity contribution in [3.05, 3.63) is 33.1 Å². The number of phosphoric acid groups is 1. The van der Waals surface area contributed by atoms with Gasteiger partial charge in [0.05, 0.1) is 32.3 Å². The average Bonchev–Trinajstić information content (AvgIpc) is 2.94. The Hall–Kier alpha value is -1.91. The fourth-order valence-electron chi connectivity index (χ4n) is 2.82. The molecule has 5 unspecified atom stereocenters. The van der Waals surface area contributed by atoms with E-state index in [2.05, 4.69) is 0 Å². The van der Waals surface area contributed by atoms with Crippen LogP contribution < -0.4 is 11.2 Å². The van der Waals surface area contributed by atoms with E-state index < -0.39 is 49.8 Å². The number of rotatable bonds is 12. The van der Waals surface area contributed by atoms with Crippen LogP contribution in [-0.4, -0.2) is 66.1 Å². The highest BCUT2D eigenvalue weighted by molar-refractivity contribution is 7.48. The van der Waals surface area contributed by atoms with Gasteiger partial charge in [0.2, 0.25) is 0 Å². The number of phosphoric ester groups is 1. The molecule has 2 N–H and O–H groups in total. The van der Waals surface area contributed by atoms with Crippen LogP contribution in [0, 0.1) is 11.3 Å². The molecule has 0 radical (unpaired) electrons. The van der Waals surface area contributed by atoms with Gasteiger partial charge in [-0.3, -0.25) is 27.9 Å². The van der Waals surface area contributed by atoms with Gasteiger partial charge in [-0.05, 0) is 13.3 Å². The van der Waals surface area contributed by atoms with Crippen molar-refractivity contribution in [1.29, 1.82) is 5.26 Å². The molecule has 0 amide bonds. The molecule has 1 aliphatic heterocycles. The molecule has 1 aliphatic rings. The minimum Gasteiger partial charge on any atom is -0.387 e. The van der Waals surface area contributed by atoms with Gasteiger partial charge in [-0.25, -0.2) is 13.8 Å². The van der Waals surface area contributed by atoms with Crippen LogP contribution in [0.5, 0.6) is 0 Å². The molecule has 0 aliphatic carbocycles. The summed E-state index contributed by atoms with van der Waals surface area (Å²) in [5.41, 5.74) is -4.05. The number of nitriles is 1. The number of alkyl halides is 1. The molecule has 2 heterocycles. The summed E-state index contributed by atoms with van der Waals surface area (Å²) >= 11 is 0. The highest BCUT2D eigenvalue weighted by atomic mass is 31.2. The summed E-state index contributed by atoms with van der Waals surface area (Å²) < 4.78 is 54.5. The number of ether oxygens (including phenoxy) is 2. The molecule has 1 aromatic heterocycles. The fraction of sp³-hybridized carbons (Fsp3) is 0.706. The molecule has 174 valence electrons. The summed E-state index contributed by atoms with van der Waals surface area (Å²) in [5.74, 6) is 0. The molecule has 0 bridgehead atoms. The minimum atomic E-state index is -4.15. The number of methoxy groups -OCH3 is 1.